The van der Waals surface area contributed by atoms with E-state index in [9.17, 15) is 9.59 Å². The minimum Gasteiger partial charge on any atom is -0.489 e. The van der Waals surface area contributed by atoms with Gasteiger partial charge in [0.25, 0.3) is 11.5 Å². The molecule has 1 heterocycles. The van der Waals surface area contributed by atoms with Crippen LogP contribution >= 0.6 is 0 Å². The number of nitriles is 1. The lowest BCUT2D eigenvalue weighted by Gasteiger charge is -2.10. The van der Waals surface area contributed by atoms with Gasteiger partial charge in [-0.05, 0) is 65.7 Å². The van der Waals surface area contributed by atoms with Gasteiger partial charge in [-0.15, -0.1) is 0 Å². The molecule has 0 radical (unpaired) electrons. The van der Waals surface area contributed by atoms with Crippen LogP contribution in [0.4, 0.5) is 5.69 Å². The Morgan fingerprint density at radius 1 is 0.919 bits per heavy atom. The monoisotopic (exact) mass is 486 g/mol. The van der Waals surface area contributed by atoms with Gasteiger partial charge in [0.15, 0.2) is 0 Å². The van der Waals surface area contributed by atoms with E-state index in [0.29, 0.717) is 46.6 Å². The molecule has 1 amide bonds. The number of hydrogen-bond donors (Lipinski definition) is 1. The summed E-state index contributed by atoms with van der Waals surface area (Å²) in [4.78, 5) is 30.2. The number of anilines is 1. The number of carbonyl (C=O) groups excluding carboxylic acids is 1. The van der Waals surface area contributed by atoms with Crippen molar-refractivity contribution >= 4 is 22.5 Å². The van der Waals surface area contributed by atoms with Gasteiger partial charge in [0.2, 0.25) is 0 Å². The Hall–Kier alpha value is -5.22. The zero-order valence-electron chi connectivity index (χ0n) is 19.8. The van der Waals surface area contributed by atoms with Crippen molar-refractivity contribution in [3.63, 3.8) is 0 Å². The van der Waals surface area contributed by atoms with Gasteiger partial charge in [-0.3, -0.25) is 14.2 Å². The minimum atomic E-state index is -0.302. The molecule has 37 heavy (non-hydrogen) atoms. The number of hydrogen-bond acceptors (Lipinski definition) is 5. The van der Waals surface area contributed by atoms with Crippen molar-refractivity contribution in [3.05, 3.63) is 136 Å². The third-order valence-corrected chi connectivity index (χ3v) is 5.88. The number of benzene rings is 4. The summed E-state index contributed by atoms with van der Waals surface area (Å²) in [6, 6.07) is 31.0. The van der Waals surface area contributed by atoms with Crippen LogP contribution in [0.3, 0.4) is 0 Å². The van der Waals surface area contributed by atoms with Gasteiger partial charge < -0.3 is 10.1 Å². The average Bonchev–Trinajstić information content (AvgIpc) is 2.95. The van der Waals surface area contributed by atoms with Crippen LogP contribution in [0, 0.1) is 11.3 Å². The predicted octanol–water partition coefficient (Wildman–Crippen LogP) is 5.15. The Bertz CT molecular complexity index is 1650. The van der Waals surface area contributed by atoms with Gasteiger partial charge in [0.05, 0.1) is 35.4 Å². The van der Waals surface area contributed by atoms with E-state index in [4.69, 9.17) is 10.00 Å². The van der Waals surface area contributed by atoms with Crippen LogP contribution in [-0.4, -0.2) is 15.5 Å². The summed E-state index contributed by atoms with van der Waals surface area (Å²) in [6.07, 6.45) is 1.47. The fourth-order valence-electron chi connectivity index (χ4n) is 3.87. The highest BCUT2D eigenvalue weighted by Gasteiger charge is 2.11. The van der Waals surface area contributed by atoms with E-state index in [2.05, 4.69) is 16.4 Å². The Balaban J connectivity index is 1.26. The molecular formula is C30H22N4O3. The lowest BCUT2D eigenvalue weighted by molar-refractivity contribution is 0.102. The molecule has 1 N–H and O–H groups in total. The number of fused-ring (bicyclic) bond motifs is 1. The Morgan fingerprint density at radius 3 is 2.41 bits per heavy atom. The first kappa shape index (κ1) is 23.5. The molecule has 0 atom stereocenters. The summed E-state index contributed by atoms with van der Waals surface area (Å²) in [7, 11) is 0. The van der Waals surface area contributed by atoms with Crippen molar-refractivity contribution in [2.24, 2.45) is 0 Å². The van der Waals surface area contributed by atoms with Crippen molar-refractivity contribution < 1.29 is 9.53 Å². The topological polar surface area (TPSA) is 97.0 Å². The summed E-state index contributed by atoms with van der Waals surface area (Å²) >= 11 is 0. The lowest BCUT2D eigenvalue weighted by atomic mass is 10.1. The van der Waals surface area contributed by atoms with E-state index < -0.39 is 0 Å². The Labute approximate surface area is 213 Å². The summed E-state index contributed by atoms with van der Waals surface area (Å²) in [5, 5.41) is 12.2. The molecule has 4 aromatic carbocycles. The molecule has 0 saturated heterocycles. The molecule has 1 aromatic heterocycles. The quantitative estimate of drug-likeness (QED) is 0.343. The molecule has 0 saturated carbocycles. The van der Waals surface area contributed by atoms with Crippen molar-refractivity contribution in [1.82, 2.24) is 9.55 Å². The third kappa shape index (κ3) is 5.55. The first-order valence-electron chi connectivity index (χ1n) is 11.7. The van der Waals surface area contributed by atoms with Crippen molar-refractivity contribution in [2.45, 2.75) is 13.2 Å². The molecular weight excluding hydrogens is 464 g/mol. The van der Waals surface area contributed by atoms with Crippen LogP contribution < -0.4 is 15.6 Å². The molecule has 0 bridgehead atoms. The van der Waals surface area contributed by atoms with Gasteiger partial charge in [-0.1, -0.05) is 42.5 Å². The molecule has 0 fully saturated rings. The molecule has 0 unspecified atom stereocenters. The maximum absolute atomic E-state index is 13.0. The van der Waals surface area contributed by atoms with E-state index in [0.717, 1.165) is 11.1 Å². The molecule has 5 rings (SSSR count). The second kappa shape index (κ2) is 10.6. The summed E-state index contributed by atoms with van der Waals surface area (Å²) in [5.74, 6) is 0.400. The van der Waals surface area contributed by atoms with Gasteiger partial charge >= 0.3 is 0 Å². The van der Waals surface area contributed by atoms with Crippen LogP contribution in [0.15, 0.2) is 108 Å². The SMILES string of the molecule is N#Cc1ccc(Cn2cnc3cc(C(=O)Nc4ccc(OCc5ccccc5)cc4)ccc3c2=O)cc1. The number of nitrogens with one attached hydrogen (secondary N) is 1. The van der Waals surface area contributed by atoms with E-state index in [1.165, 1.54) is 10.9 Å². The van der Waals surface area contributed by atoms with Crippen LogP contribution in [-0.2, 0) is 13.2 Å². The summed E-state index contributed by atoms with van der Waals surface area (Å²) in [5.41, 5.74) is 3.79. The normalized spacial score (nSPS) is 10.6. The number of nitrogens with zero attached hydrogens (tertiary/aromatic N) is 3. The third-order valence-electron chi connectivity index (χ3n) is 5.88. The van der Waals surface area contributed by atoms with E-state index in [1.807, 2.05) is 42.5 Å². The Kier molecular flexibility index (Phi) is 6.73. The van der Waals surface area contributed by atoms with Crippen molar-refractivity contribution in [1.29, 1.82) is 5.26 Å². The maximum Gasteiger partial charge on any atom is 0.261 e. The van der Waals surface area contributed by atoms with Gasteiger partial charge in [-0.2, -0.15) is 5.26 Å². The first-order chi connectivity index (χ1) is 18.1. The molecule has 7 nitrogen and oxygen atoms in total. The van der Waals surface area contributed by atoms with Crippen molar-refractivity contribution in [3.8, 4) is 11.8 Å². The highest BCUT2D eigenvalue weighted by Crippen LogP contribution is 2.19. The molecule has 0 spiro atoms. The fraction of sp³-hybridized carbons (Fsp3) is 0.0667. The smallest absolute Gasteiger partial charge is 0.261 e. The zero-order chi connectivity index (χ0) is 25.6. The number of ether oxygens (including phenoxy) is 1. The first-order valence-corrected chi connectivity index (χ1v) is 11.7. The summed E-state index contributed by atoms with van der Waals surface area (Å²) < 4.78 is 7.29. The largest absolute Gasteiger partial charge is 0.489 e. The maximum atomic E-state index is 13.0. The number of rotatable bonds is 7. The lowest BCUT2D eigenvalue weighted by Crippen LogP contribution is -2.21. The second-order valence-electron chi connectivity index (χ2n) is 8.47. The minimum absolute atomic E-state index is 0.201. The van der Waals surface area contributed by atoms with Gasteiger partial charge in [0.1, 0.15) is 12.4 Å². The molecule has 0 aliphatic carbocycles. The summed E-state index contributed by atoms with van der Waals surface area (Å²) in [6.45, 7) is 0.798. The molecule has 0 aliphatic rings. The molecule has 0 aliphatic heterocycles. The van der Waals surface area contributed by atoms with Crippen LogP contribution in [0.25, 0.3) is 10.9 Å². The number of aromatic nitrogens is 2. The van der Waals surface area contributed by atoms with Gasteiger partial charge in [-0.25, -0.2) is 4.98 Å². The van der Waals surface area contributed by atoms with E-state index in [-0.39, 0.29) is 11.5 Å². The van der Waals surface area contributed by atoms with Crippen LogP contribution in [0.5, 0.6) is 5.75 Å². The average molecular weight is 487 g/mol. The van der Waals surface area contributed by atoms with Gasteiger partial charge in [0, 0.05) is 11.3 Å². The predicted molar refractivity (Wildman–Crippen MR) is 141 cm³/mol. The standard InChI is InChI=1S/C30H22N4O3/c31-17-21-6-8-22(9-7-21)18-34-20-32-28-16-24(10-15-27(28)30(34)36)29(35)33-25-11-13-26(14-12-25)37-19-23-4-2-1-3-5-23/h1-16,20H,18-19H2,(H,33,35). The molecule has 5 aromatic rings. The van der Waals surface area contributed by atoms with Crippen molar-refractivity contribution in [2.75, 3.05) is 5.32 Å². The zero-order valence-corrected chi connectivity index (χ0v) is 19.8. The Morgan fingerprint density at radius 2 is 1.68 bits per heavy atom. The fourth-order valence-corrected chi connectivity index (χ4v) is 3.87. The van der Waals surface area contributed by atoms with Crippen LogP contribution in [0.1, 0.15) is 27.0 Å². The molecule has 7 heteroatoms. The molecule has 180 valence electrons. The van der Waals surface area contributed by atoms with Crippen LogP contribution in [0.2, 0.25) is 0 Å². The number of amides is 1. The number of carbonyl (C=O) groups is 1. The van der Waals surface area contributed by atoms with E-state index in [1.54, 1.807) is 54.6 Å². The highest BCUT2D eigenvalue weighted by atomic mass is 16.5. The van der Waals surface area contributed by atoms with E-state index >= 15 is 0 Å². The highest BCUT2D eigenvalue weighted by molar-refractivity contribution is 6.06. The second-order valence-corrected chi connectivity index (χ2v) is 8.47.